The van der Waals surface area contributed by atoms with Crippen molar-refractivity contribution < 1.29 is 9.53 Å². The zero-order valence-corrected chi connectivity index (χ0v) is 10.7. The Morgan fingerprint density at radius 3 is 2.72 bits per heavy atom. The minimum absolute atomic E-state index is 0.0965. The summed E-state index contributed by atoms with van der Waals surface area (Å²) in [6.07, 6.45) is 6.30. The summed E-state index contributed by atoms with van der Waals surface area (Å²) in [5, 5.41) is 0. The van der Waals surface area contributed by atoms with E-state index in [1.807, 2.05) is 18.2 Å². The lowest BCUT2D eigenvalue weighted by molar-refractivity contribution is -0.150. The third-order valence-corrected chi connectivity index (χ3v) is 4.22. The molecule has 1 aliphatic heterocycles. The fourth-order valence-corrected chi connectivity index (χ4v) is 3.30. The highest BCUT2D eigenvalue weighted by molar-refractivity contribution is 5.82. The van der Waals surface area contributed by atoms with Gasteiger partial charge in [0, 0.05) is 12.3 Å². The number of Topliss-reactive ketones (excluding diaryl/α,β-unsaturated/α-hetero) is 1. The van der Waals surface area contributed by atoms with Crippen molar-refractivity contribution in [2.24, 2.45) is 5.92 Å². The number of ketones is 1. The predicted octanol–water partition coefficient (Wildman–Crippen LogP) is 3.15. The Kier molecular flexibility index (Phi) is 3.46. The van der Waals surface area contributed by atoms with Crippen LogP contribution in [0.15, 0.2) is 30.3 Å². The van der Waals surface area contributed by atoms with Crippen molar-refractivity contribution in [1.82, 2.24) is 0 Å². The van der Waals surface area contributed by atoms with Crippen LogP contribution in [-0.4, -0.2) is 18.0 Å². The zero-order valence-electron chi connectivity index (χ0n) is 10.7. The van der Waals surface area contributed by atoms with Crippen LogP contribution in [0.1, 0.15) is 37.7 Å². The number of ether oxygens (including phenoxy) is 1. The molecule has 1 aromatic rings. The van der Waals surface area contributed by atoms with Crippen LogP contribution in [0.2, 0.25) is 0 Å². The summed E-state index contributed by atoms with van der Waals surface area (Å²) in [7, 11) is 0. The van der Waals surface area contributed by atoms with Gasteiger partial charge in [-0.15, -0.1) is 0 Å². The van der Waals surface area contributed by atoms with Gasteiger partial charge in [-0.1, -0.05) is 43.2 Å². The van der Waals surface area contributed by atoms with Crippen LogP contribution >= 0.6 is 0 Å². The molecule has 3 rings (SSSR count). The Labute approximate surface area is 108 Å². The molecule has 1 aromatic carbocycles. The summed E-state index contributed by atoms with van der Waals surface area (Å²) in [5.41, 5.74) is 1.27. The van der Waals surface area contributed by atoms with Crippen molar-refractivity contribution >= 4 is 5.78 Å². The third kappa shape index (κ3) is 2.49. The quantitative estimate of drug-likeness (QED) is 0.799. The van der Waals surface area contributed by atoms with Crippen LogP contribution in [0.3, 0.4) is 0 Å². The minimum atomic E-state index is 0.0965. The molecule has 2 aliphatic rings. The number of hydrogen-bond donors (Lipinski definition) is 0. The Morgan fingerprint density at radius 2 is 1.89 bits per heavy atom. The van der Waals surface area contributed by atoms with Gasteiger partial charge < -0.3 is 4.74 Å². The first-order chi connectivity index (χ1) is 8.83. The van der Waals surface area contributed by atoms with Crippen LogP contribution in [0.4, 0.5) is 0 Å². The molecule has 2 nitrogen and oxygen atoms in total. The molecule has 1 saturated heterocycles. The molecule has 2 heteroatoms. The van der Waals surface area contributed by atoms with Crippen LogP contribution < -0.4 is 0 Å². The maximum absolute atomic E-state index is 12.1. The van der Waals surface area contributed by atoms with E-state index in [0.29, 0.717) is 12.2 Å². The molecular weight excluding hydrogens is 224 g/mol. The van der Waals surface area contributed by atoms with E-state index in [1.54, 1.807) is 0 Å². The molecule has 1 aliphatic carbocycles. The average Bonchev–Trinajstić information content (AvgIpc) is 2.40. The second kappa shape index (κ2) is 5.23. The average molecular weight is 244 g/mol. The van der Waals surface area contributed by atoms with Gasteiger partial charge in [0.15, 0.2) is 0 Å². The van der Waals surface area contributed by atoms with Crippen molar-refractivity contribution in [3.05, 3.63) is 35.9 Å². The summed E-state index contributed by atoms with van der Waals surface area (Å²) in [5.74, 6) is 0.637. The van der Waals surface area contributed by atoms with Crippen LogP contribution in [0.5, 0.6) is 0 Å². The predicted molar refractivity (Wildman–Crippen MR) is 70.4 cm³/mol. The smallest absolute Gasteiger partial charge is 0.141 e. The van der Waals surface area contributed by atoms with Gasteiger partial charge in [0.05, 0.1) is 12.2 Å². The maximum Gasteiger partial charge on any atom is 0.141 e. The molecule has 0 bridgehead atoms. The van der Waals surface area contributed by atoms with Crippen molar-refractivity contribution in [1.29, 1.82) is 0 Å². The number of rotatable bonds is 2. The van der Waals surface area contributed by atoms with Gasteiger partial charge in [-0.05, 0) is 24.8 Å². The number of carbonyl (C=O) groups is 1. The van der Waals surface area contributed by atoms with Crippen LogP contribution in [0, 0.1) is 5.92 Å². The number of benzene rings is 1. The molecule has 0 N–H and O–H groups in total. The second-order valence-electron chi connectivity index (χ2n) is 5.55. The highest BCUT2D eigenvalue weighted by Gasteiger charge is 2.38. The molecule has 3 atom stereocenters. The van der Waals surface area contributed by atoms with Crippen molar-refractivity contribution in [2.75, 3.05) is 0 Å². The van der Waals surface area contributed by atoms with E-state index in [9.17, 15) is 4.79 Å². The SMILES string of the molecule is O=C1CC(Cc2ccccc2)OC2CCCCC12. The molecule has 2 fully saturated rings. The number of fused-ring (bicyclic) bond motifs is 1. The fourth-order valence-electron chi connectivity index (χ4n) is 3.30. The highest BCUT2D eigenvalue weighted by Crippen LogP contribution is 2.34. The van der Waals surface area contributed by atoms with E-state index in [-0.39, 0.29) is 18.1 Å². The van der Waals surface area contributed by atoms with E-state index >= 15 is 0 Å². The van der Waals surface area contributed by atoms with Crippen LogP contribution in [-0.2, 0) is 16.0 Å². The molecular formula is C16H20O2. The second-order valence-corrected chi connectivity index (χ2v) is 5.55. The summed E-state index contributed by atoms with van der Waals surface area (Å²) < 4.78 is 6.14. The fraction of sp³-hybridized carbons (Fsp3) is 0.562. The Morgan fingerprint density at radius 1 is 1.11 bits per heavy atom. The van der Waals surface area contributed by atoms with E-state index < -0.39 is 0 Å². The summed E-state index contributed by atoms with van der Waals surface area (Å²) in [6, 6.07) is 10.3. The molecule has 0 aromatic heterocycles. The largest absolute Gasteiger partial charge is 0.373 e. The number of hydrogen-bond acceptors (Lipinski definition) is 2. The first kappa shape index (κ1) is 11.9. The normalized spacial score (nSPS) is 32.0. The summed E-state index contributed by atoms with van der Waals surface area (Å²) in [4.78, 5) is 12.1. The molecule has 18 heavy (non-hydrogen) atoms. The molecule has 96 valence electrons. The first-order valence-electron chi connectivity index (χ1n) is 7.05. The zero-order chi connectivity index (χ0) is 12.4. The van der Waals surface area contributed by atoms with Crippen molar-refractivity contribution in [3.63, 3.8) is 0 Å². The topological polar surface area (TPSA) is 26.3 Å². The van der Waals surface area contributed by atoms with E-state index in [2.05, 4.69) is 12.1 Å². The molecule has 1 saturated carbocycles. The van der Waals surface area contributed by atoms with Gasteiger partial charge in [0.25, 0.3) is 0 Å². The lowest BCUT2D eigenvalue weighted by Gasteiger charge is -2.38. The van der Waals surface area contributed by atoms with Gasteiger partial charge >= 0.3 is 0 Å². The van der Waals surface area contributed by atoms with Crippen molar-refractivity contribution in [2.45, 2.75) is 50.7 Å². The lowest BCUT2D eigenvalue weighted by Crippen LogP contribution is -2.43. The third-order valence-electron chi connectivity index (χ3n) is 4.22. The lowest BCUT2D eigenvalue weighted by atomic mass is 9.79. The van der Waals surface area contributed by atoms with Gasteiger partial charge in [-0.25, -0.2) is 0 Å². The molecule has 0 radical (unpaired) electrons. The summed E-state index contributed by atoms with van der Waals surface area (Å²) >= 11 is 0. The minimum Gasteiger partial charge on any atom is -0.373 e. The monoisotopic (exact) mass is 244 g/mol. The van der Waals surface area contributed by atoms with E-state index in [1.165, 1.54) is 18.4 Å². The van der Waals surface area contributed by atoms with Gasteiger partial charge in [-0.3, -0.25) is 4.79 Å². The Hall–Kier alpha value is -1.15. The van der Waals surface area contributed by atoms with Crippen LogP contribution in [0.25, 0.3) is 0 Å². The van der Waals surface area contributed by atoms with Gasteiger partial charge in [0.2, 0.25) is 0 Å². The standard InChI is InChI=1S/C16H20O2/c17-15-11-13(10-12-6-2-1-3-7-12)18-16-9-5-4-8-14(15)16/h1-3,6-7,13-14,16H,4-5,8-11H2. The highest BCUT2D eigenvalue weighted by atomic mass is 16.5. The Bertz CT molecular complexity index is 412. The Balaban J connectivity index is 1.66. The van der Waals surface area contributed by atoms with E-state index in [0.717, 1.165) is 19.3 Å². The molecule has 0 spiro atoms. The number of carbonyl (C=O) groups excluding carboxylic acids is 1. The van der Waals surface area contributed by atoms with Crippen molar-refractivity contribution in [3.8, 4) is 0 Å². The molecule has 3 unspecified atom stereocenters. The molecule has 0 amide bonds. The summed E-state index contributed by atoms with van der Waals surface area (Å²) in [6.45, 7) is 0. The molecule has 1 heterocycles. The van der Waals surface area contributed by atoms with Gasteiger partial charge in [-0.2, -0.15) is 0 Å². The van der Waals surface area contributed by atoms with Gasteiger partial charge in [0.1, 0.15) is 5.78 Å². The van der Waals surface area contributed by atoms with E-state index in [4.69, 9.17) is 4.74 Å². The maximum atomic E-state index is 12.1. The first-order valence-corrected chi connectivity index (χ1v) is 7.05.